The van der Waals surface area contributed by atoms with E-state index >= 15 is 0 Å². The lowest BCUT2D eigenvalue weighted by molar-refractivity contribution is -0.116. The van der Waals surface area contributed by atoms with Crippen molar-refractivity contribution in [1.29, 1.82) is 0 Å². The van der Waals surface area contributed by atoms with Crippen LogP contribution in [0.4, 0.5) is 5.69 Å². The number of hydrogen-bond donors (Lipinski definition) is 1. The molecule has 1 N–H and O–H groups in total. The van der Waals surface area contributed by atoms with Crippen molar-refractivity contribution in [3.8, 4) is 5.75 Å². The van der Waals surface area contributed by atoms with Gasteiger partial charge in [-0.15, -0.1) is 0 Å². The second kappa shape index (κ2) is 11.3. The van der Waals surface area contributed by atoms with Crippen molar-refractivity contribution in [3.05, 3.63) is 53.1 Å². The number of anilines is 1. The van der Waals surface area contributed by atoms with Gasteiger partial charge in [-0.05, 0) is 61.2 Å². The molecular formula is C24H28N2O8S. The number of esters is 2. The number of carbonyl (C=O) groups is 3. The zero-order valence-electron chi connectivity index (χ0n) is 19.8. The summed E-state index contributed by atoms with van der Waals surface area (Å²) in [5.41, 5.74) is 0.878. The van der Waals surface area contributed by atoms with Gasteiger partial charge in [0.2, 0.25) is 15.9 Å². The number of aryl methyl sites for hydroxylation is 1. The van der Waals surface area contributed by atoms with Crippen molar-refractivity contribution in [1.82, 2.24) is 4.31 Å². The number of carbonyl (C=O) groups excluding carboxylic acids is 3. The van der Waals surface area contributed by atoms with Crippen molar-refractivity contribution in [2.45, 2.75) is 30.6 Å². The molecule has 1 amide bonds. The molecule has 1 fully saturated rings. The first kappa shape index (κ1) is 26.2. The number of benzene rings is 2. The van der Waals surface area contributed by atoms with Crippen LogP contribution in [0.1, 0.15) is 45.5 Å². The molecule has 3 rings (SSSR count). The average Bonchev–Trinajstić information content (AvgIpc) is 3.42. The van der Waals surface area contributed by atoms with Gasteiger partial charge in [-0.3, -0.25) is 4.79 Å². The van der Waals surface area contributed by atoms with Crippen LogP contribution >= 0.6 is 0 Å². The zero-order chi connectivity index (χ0) is 25.6. The van der Waals surface area contributed by atoms with Gasteiger partial charge < -0.3 is 19.5 Å². The van der Waals surface area contributed by atoms with E-state index in [1.165, 1.54) is 56.0 Å². The van der Waals surface area contributed by atoms with Crippen LogP contribution in [-0.4, -0.2) is 65.0 Å². The summed E-state index contributed by atoms with van der Waals surface area (Å²) >= 11 is 0. The van der Waals surface area contributed by atoms with Crippen molar-refractivity contribution in [3.63, 3.8) is 0 Å². The Balaban J connectivity index is 1.79. The molecule has 1 saturated heterocycles. The fourth-order valence-corrected chi connectivity index (χ4v) is 5.40. The number of nitrogens with zero attached hydrogens (tertiary/aromatic N) is 1. The lowest BCUT2D eigenvalue weighted by Gasteiger charge is -2.17. The minimum atomic E-state index is -3.62. The van der Waals surface area contributed by atoms with Crippen LogP contribution in [0.2, 0.25) is 0 Å². The molecule has 0 atom stereocenters. The predicted molar refractivity (Wildman–Crippen MR) is 127 cm³/mol. The van der Waals surface area contributed by atoms with Gasteiger partial charge in [-0.25, -0.2) is 18.0 Å². The molecule has 0 unspecified atom stereocenters. The van der Waals surface area contributed by atoms with Crippen LogP contribution in [0, 0.1) is 0 Å². The number of hydrogen-bond acceptors (Lipinski definition) is 8. The summed E-state index contributed by atoms with van der Waals surface area (Å²) in [5.74, 6) is -1.30. The van der Waals surface area contributed by atoms with E-state index in [0.29, 0.717) is 24.4 Å². The van der Waals surface area contributed by atoms with E-state index in [-0.39, 0.29) is 34.6 Å². The van der Waals surface area contributed by atoms with E-state index in [1.807, 2.05) is 0 Å². The highest BCUT2D eigenvalue weighted by molar-refractivity contribution is 7.89. The minimum absolute atomic E-state index is 0.0351. The summed E-state index contributed by atoms with van der Waals surface area (Å²) in [6.45, 7) is 0.971. The lowest BCUT2D eigenvalue weighted by atomic mass is 10.1. The van der Waals surface area contributed by atoms with Crippen molar-refractivity contribution in [2.24, 2.45) is 0 Å². The summed E-state index contributed by atoms with van der Waals surface area (Å²) in [7, 11) is 0.270. The van der Waals surface area contributed by atoms with E-state index in [9.17, 15) is 22.8 Å². The Labute approximate surface area is 204 Å². The highest BCUT2D eigenvalue weighted by Gasteiger charge is 2.28. The maximum Gasteiger partial charge on any atom is 0.339 e. The first-order valence-corrected chi connectivity index (χ1v) is 12.4. The Morgan fingerprint density at radius 3 is 2.26 bits per heavy atom. The fourth-order valence-electron chi connectivity index (χ4n) is 3.83. The maximum absolute atomic E-state index is 12.9. The fraction of sp³-hybridized carbons (Fsp3) is 0.375. The van der Waals surface area contributed by atoms with Crippen LogP contribution < -0.4 is 10.1 Å². The molecule has 1 aliphatic heterocycles. The maximum atomic E-state index is 12.9. The monoisotopic (exact) mass is 504 g/mol. The zero-order valence-corrected chi connectivity index (χ0v) is 20.6. The molecule has 10 nitrogen and oxygen atoms in total. The first-order valence-electron chi connectivity index (χ1n) is 11.0. The molecule has 2 aromatic carbocycles. The van der Waals surface area contributed by atoms with Gasteiger partial charge in [0.05, 0.1) is 43.0 Å². The Hall–Kier alpha value is -3.44. The summed E-state index contributed by atoms with van der Waals surface area (Å²) in [6, 6.07) is 8.69. The molecule has 0 spiro atoms. The third-order valence-corrected chi connectivity index (χ3v) is 7.59. The van der Waals surface area contributed by atoms with E-state index < -0.39 is 27.9 Å². The molecule has 0 aromatic heterocycles. The number of amides is 1. The quantitative estimate of drug-likeness (QED) is 0.516. The van der Waals surface area contributed by atoms with Crippen molar-refractivity contribution >= 4 is 33.6 Å². The van der Waals surface area contributed by atoms with E-state index in [1.54, 1.807) is 6.07 Å². The van der Waals surface area contributed by atoms with E-state index in [0.717, 1.165) is 12.8 Å². The third-order valence-electron chi connectivity index (χ3n) is 5.70. The molecular weight excluding hydrogens is 476 g/mol. The Kier molecular flexibility index (Phi) is 8.47. The minimum Gasteiger partial charge on any atom is -0.496 e. The largest absolute Gasteiger partial charge is 0.496 e. The highest BCUT2D eigenvalue weighted by atomic mass is 32.2. The molecule has 0 radical (unpaired) electrons. The highest BCUT2D eigenvalue weighted by Crippen LogP contribution is 2.28. The Bertz CT molecular complexity index is 1220. The van der Waals surface area contributed by atoms with Gasteiger partial charge in [0.15, 0.2) is 0 Å². The Morgan fingerprint density at radius 2 is 1.63 bits per heavy atom. The molecule has 0 saturated carbocycles. The van der Waals surface area contributed by atoms with E-state index in [2.05, 4.69) is 5.32 Å². The Morgan fingerprint density at radius 1 is 0.943 bits per heavy atom. The molecule has 0 aliphatic carbocycles. The number of ether oxygens (including phenoxy) is 3. The molecule has 0 bridgehead atoms. The van der Waals surface area contributed by atoms with Gasteiger partial charge in [-0.1, -0.05) is 0 Å². The molecule has 188 valence electrons. The lowest BCUT2D eigenvalue weighted by Crippen LogP contribution is -2.28. The van der Waals surface area contributed by atoms with Crippen LogP contribution in [0.25, 0.3) is 0 Å². The molecule has 1 heterocycles. The SMILES string of the molecule is COC(=O)c1ccc(C(=O)OC)c(NC(=O)CCc2cc(S(=O)(=O)N3CCCC3)ccc2OC)c1. The number of methoxy groups -OCH3 is 3. The summed E-state index contributed by atoms with van der Waals surface area (Å²) in [6.07, 6.45) is 1.80. The molecule has 11 heteroatoms. The van der Waals surface area contributed by atoms with E-state index in [4.69, 9.17) is 14.2 Å². The number of sulfonamides is 1. The summed E-state index contributed by atoms with van der Waals surface area (Å²) in [5, 5.41) is 2.63. The van der Waals surface area contributed by atoms with Crippen LogP contribution in [0.3, 0.4) is 0 Å². The first-order chi connectivity index (χ1) is 16.7. The molecule has 1 aliphatic rings. The van der Waals surface area contributed by atoms with Gasteiger partial charge in [0, 0.05) is 19.5 Å². The van der Waals surface area contributed by atoms with Crippen LogP contribution in [-0.2, 0) is 30.7 Å². The van der Waals surface area contributed by atoms with Gasteiger partial charge in [0.1, 0.15) is 5.75 Å². The smallest absolute Gasteiger partial charge is 0.339 e. The second-order valence-electron chi connectivity index (χ2n) is 7.88. The van der Waals surface area contributed by atoms with Crippen molar-refractivity contribution < 1.29 is 37.0 Å². The van der Waals surface area contributed by atoms with Gasteiger partial charge >= 0.3 is 11.9 Å². The molecule has 35 heavy (non-hydrogen) atoms. The number of rotatable bonds is 9. The predicted octanol–water partition coefficient (Wildman–Crippen LogP) is 2.62. The third kappa shape index (κ3) is 5.98. The van der Waals surface area contributed by atoms with Crippen LogP contribution in [0.5, 0.6) is 5.75 Å². The van der Waals surface area contributed by atoms with Gasteiger partial charge in [0.25, 0.3) is 0 Å². The van der Waals surface area contributed by atoms with Gasteiger partial charge in [-0.2, -0.15) is 4.31 Å². The molecule has 2 aromatic rings. The number of nitrogens with one attached hydrogen (secondary N) is 1. The summed E-state index contributed by atoms with van der Waals surface area (Å²) in [4.78, 5) is 36.9. The van der Waals surface area contributed by atoms with Crippen molar-refractivity contribution in [2.75, 3.05) is 39.7 Å². The topological polar surface area (TPSA) is 128 Å². The summed E-state index contributed by atoms with van der Waals surface area (Å²) < 4.78 is 42.1. The average molecular weight is 505 g/mol. The standard InChI is InChI=1S/C24H28N2O8S/c1-32-21-10-8-18(35(30,31)26-12-4-5-13-26)14-16(21)7-11-22(27)25-20-15-17(23(28)33-2)6-9-19(20)24(29)34-3/h6,8-10,14-15H,4-5,7,11-13H2,1-3H3,(H,25,27). The normalized spacial score (nSPS) is 13.8. The second-order valence-corrected chi connectivity index (χ2v) is 9.81. The van der Waals surface area contributed by atoms with Crippen LogP contribution in [0.15, 0.2) is 41.3 Å².